The monoisotopic (exact) mass is 388 g/mol. The van der Waals surface area contributed by atoms with Crippen molar-refractivity contribution in [3.63, 3.8) is 0 Å². The highest BCUT2D eigenvalue weighted by Gasteiger charge is 3.00. The number of nitrogens with zero attached hydrogens (tertiary/aromatic N) is 3. The van der Waals surface area contributed by atoms with Gasteiger partial charge < -0.3 is 15.2 Å². The lowest BCUT2D eigenvalue weighted by atomic mass is 9.80. The summed E-state index contributed by atoms with van der Waals surface area (Å²) in [6.07, 6.45) is 0.514. The predicted molar refractivity (Wildman–Crippen MR) is 90.6 cm³/mol. The molecule has 1 aliphatic heterocycles. The molecular formula is C17H17BrN4O2. The van der Waals surface area contributed by atoms with Crippen molar-refractivity contribution in [2.45, 2.75) is 24.7 Å². The van der Waals surface area contributed by atoms with Gasteiger partial charge in [0.1, 0.15) is 5.84 Å². The molecule has 0 radical (unpaired) electrons. The number of benzene rings is 1. The van der Waals surface area contributed by atoms with Gasteiger partial charge >= 0.3 is 0 Å². The molecule has 0 amide bonds. The highest BCUT2D eigenvalue weighted by molar-refractivity contribution is 9.10. The van der Waals surface area contributed by atoms with Gasteiger partial charge in [-0.2, -0.15) is 10.5 Å². The molecule has 3 rings (SSSR count). The first-order valence-electron chi connectivity index (χ1n) is 7.48. The summed E-state index contributed by atoms with van der Waals surface area (Å²) in [6, 6.07) is 12.1. The van der Waals surface area contributed by atoms with Crippen LogP contribution in [0.1, 0.15) is 18.9 Å². The van der Waals surface area contributed by atoms with E-state index in [4.69, 9.17) is 15.2 Å². The molecule has 124 valence electrons. The number of aliphatic imine (C=N–C) groups is 1. The van der Waals surface area contributed by atoms with Gasteiger partial charge in [0.25, 0.3) is 5.91 Å². The Labute approximate surface area is 149 Å². The number of nitriles is 2. The molecule has 1 aromatic rings. The van der Waals surface area contributed by atoms with E-state index in [0.717, 1.165) is 10.0 Å². The van der Waals surface area contributed by atoms with Crippen molar-refractivity contribution >= 4 is 21.8 Å². The summed E-state index contributed by atoms with van der Waals surface area (Å²) < 4.78 is 12.0. The fourth-order valence-electron chi connectivity index (χ4n) is 4.74. The van der Waals surface area contributed by atoms with Crippen molar-refractivity contribution in [3.05, 3.63) is 34.3 Å². The lowest BCUT2D eigenvalue weighted by Gasteiger charge is -2.33. The maximum absolute atomic E-state index is 10.2. The van der Waals surface area contributed by atoms with Crippen LogP contribution in [0.2, 0.25) is 0 Å². The topological polar surface area (TPSA) is 104 Å². The van der Waals surface area contributed by atoms with E-state index in [1.54, 1.807) is 0 Å². The lowest BCUT2D eigenvalue weighted by Crippen LogP contribution is -2.45. The second kappa shape index (κ2) is 5.03. The van der Waals surface area contributed by atoms with Gasteiger partial charge in [-0.25, -0.2) is 4.99 Å². The van der Waals surface area contributed by atoms with Crippen molar-refractivity contribution in [2.24, 2.45) is 21.6 Å². The molecule has 1 aromatic carbocycles. The van der Waals surface area contributed by atoms with Crippen LogP contribution in [0, 0.1) is 33.5 Å². The maximum atomic E-state index is 10.2. The minimum atomic E-state index is -1.61. The number of fused-ring (bicyclic) bond motifs is 1. The van der Waals surface area contributed by atoms with E-state index in [1.807, 2.05) is 31.2 Å². The van der Waals surface area contributed by atoms with Gasteiger partial charge in [-0.15, -0.1) is 0 Å². The minimum Gasteiger partial charge on any atom is -0.386 e. The summed E-state index contributed by atoms with van der Waals surface area (Å²) in [5.41, 5.74) is 3.52. The SMILES string of the molecule is CC[C@]1(c2ccc(Br)cc2)[C@]2(C#N)C(N)=NC(OC)(OC)[C@@]21C#N. The molecular weight excluding hydrogens is 372 g/mol. The van der Waals surface area contributed by atoms with E-state index < -0.39 is 22.2 Å². The summed E-state index contributed by atoms with van der Waals surface area (Å²) in [7, 11) is 2.82. The first-order chi connectivity index (χ1) is 11.4. The average molecular weight is 389 g/mol. The molecule has 6 nitrogen and oxygen atoms in total. The Balaban J connectivity index is 2.38. The van der Waals surface area contributed by atoms with Crippen LogP contribution in [-0.2, 0) is 14.9 Å². The number of methoxy groups -OCH3 is 2. The third-order valence-electron chi connectivity index (χ3n) is 5.66. The smallest absolute Gasteiger partial charge is 0.293 e. The highest BCUT2D eigenvalue weighted by Crippen LogP contribution is 2.86. The van der Waals surface area contributed by atoms with Gasteiger partial charge in [0, 0.05) is 18.7 Å². The summed E-state index contributed by atoms with van der Waals surface area (Å²) in [5, 5.41) is 20.2. The van der Waals surface area contributed by atoms with Crippen LogP contribution in [0.3, 0.4) is 0 Å². The molecule has 0 unspecified atom stereocenters. The molecule has 1 saturated carbocycles. The lowest BCUT2D eigenvalue weighted by molar-refractivity contribution is -0.234. The van der Waals surface area contributed by atoms with Gasteiger partial charge in [0.2, 0.25) is 0 Å². The quantitative estimate of drug-likeness (QED) is 0.797. The zero-order chi connectivity index (χ0) is 17.8. The number of amidine groups is 1. The zero-order valence-electron chi connectivity index (χ0n) is 13.6. The fourth-order valence-corrected chi connectivity index (χ4v) is 5.00. The van der Waals surface area contributed by atoms with E-state index in [2.05, 4.69) is 33.1 Å². The Morgan fingerprint density at radius 1 is 1.17 bits per heavy atom. The number of hydrogen-bond acceptors (Lipinski definition) is 6. The summed E-state index contributed by atoms with van der Waals surface area (Å²) in [5.74, 6) is -1.52. The fraction of sp³-hybridized carbons (Fsp3) is 0.471. The largest absolute Gasteiger partial charge is 0.386 e. The Bertz CT molecular complexity index is 805. The number of nitrogens with two attached hydrogens (primary N) is 1. The van der Waals surface area contributed by atoms with E-state index in [-0.39, 0.29) is 5.84 Å². The van der Waals surface area contributed by atoms with Gasteiger partial charge in [-0.1, -0.05) is 35.0 Å². The first-order valence-corrected chi connectivity index (χ1v) is 8.27. The molecule has 1 aliphatic carbocycles. The summed E-state index contributed by atoms with van der Waals surface area (Å²) in [6.45, 7) is 1.93. The Morgan fingerprint density at radius 3 is 2.17 bits per heavy atom. The number of hydrogen-bond donors (Lipinski definition) is 1. The Kier molecular flexibility index (Phi) is 3.55. The summed E-state index contributed by atoms with van der Waals surface area (Å²) in [4.78, 5) is 4.26. The van der Waals surface area contributed by atoms with E-state index >= 15 is 0 Å². The number of ether oxygens (including phenoxy) is 2. The zero-order valence-corrected chi connectivity index (χ0v) is 15.2. The van der Waals surface area contributed by atoms with Crippen molar-refractivity contribution in [2.75, 3.05) is 14.2 Å². The van der Waals surface area contributed by atoms with Gasteiger partial charge in [-0.05, 0) is 24.1 Å². The van der Waals surface area contributed by atoms with Crippen molar-refractivity contribution < 1.29 is 9.47 Å². The van der Waals surface area contributed by atoms with Crippen LogP contribution < -0.4 is 5.73 Å². The molecule has 3 atom stereocenters. The molecule has 0 bridgehead atoms. The molecule has 1 fully saturated rings. The molecule has 24 heavy (non-hydrogen) atoms. The van der Waals surface area contributed by atoms with Crippen LogP contribution in [0.25, 0.3) is 0 Å². The van der Waals surface area contributed by atoms with Gasteiger partial charge in [-0.3, -0.25) is 0 Å². The van der Waals surface area contributed by atoms with Crippen LogP contribution in [-0.4, -0.2) is 26.0 Å². The van der Waals surface area contributed by atoms with Crippen LogP contribution in [0.4, 0.5) is 0 Å². The summed E-state index contributed by atoms with van der Waals surface area (Å²) >= 11 is 3.41. The Morgan fingerprint density at radius 2 is 1.75 bits per heavy atom. The second-order valence-electron chi connectivity index (χ2n) is 5.98. The van der Waals surface area contributed by atoms with Gasteiger partial charge in [0.15, 0.2) is 10.8 Å². The average Bonchev–Trinajstić information content (AvgIpc) is 3.10. The van der Waals surface area contributed by atoms with Crippen LogP contribution in [0.5, 0.6) is 0 Å². The predicted octanol–water partition coefficient (Wildman–Crippen LogP) is 2.45. The molecule has 0 spiro atoms. The van der Waals surface area contributed by atoms with Crippen molar-refractivity contribution in [1.29, 1.82) is 10.5 Å². The number of rotatable bonds is 4. The first kappa shape index (κ1) is 16.9. The second-order valence-corrected chi connectivity index (χ2v) is 6.89. The molecule has 2 aliphatic rings. The maximum Gasteiger partial charge on any atom is 0.293 e. The third kappa shape index (κ3) is 1.33. The number of halogens is 1. The Hall–Kier alpha value is -1.93. The molecule has 7 heteroatoms. The molecule has 1 heterocycles. The molecule has 2 N–H and O–H groups in total. The standard InChI is InChI=1S/C17H17BrN4O2/c1-4-14(11-5-7-12(18)8-6-11)15(9-19)13(21)22-17(23-2,24-3)16(14,15)10-20/h5-8H,4H2,1-3H3,(H2,21,22)/t14-,15-,16+/m0/s1. The van der Waals surface area contributed by atoms with E-state index in [1.165, 1.54) is 14.2 Å². The van der Waals surface area contributed by atoms with Gasteiger partial charge in [0.05, 0.1) is 17.6 Å². The minimum absolute atomic E-state index is 0.0834. The van der Waals surface area contributed by atoms with Crippen LogP contribution >= 0.6 is 15.9 Å². The molecule has 0 aromatic heterocycles. The van der Waals surface area contributed by atoms with E-state index in [9.17, 15) is 10.5 Å². The van der Waals surface area contributed by atoms with E-state index in [0.29, 0.717) is 6.42 Å². The van der Waals surface area contributed by atoms with Crippen molar-refractivity contribution in [3.8, 4) is 12.1 Å². The van der Waals surface area contributed by atoms with Crippen molar-refractivity contribution in [1.82, 2.24) is 0 Å². The molecule has 0 saturated heterocycles. The van der Waals surface area contributed by atoms with Crippen LogP contribution in [0.15, 0.2) is 33.7 Å². The normalized spacial score (nSPS) is 35.5. The highest BCUT2D eigenvalue weighted by atomic mass is 79.9. The third-order valence-corrected chi connectivity index (χ3v) is 6.19.